The Morgan fingerprint density at radius 2 is 2.15 bits per heavy atom. The highest BCUT2D eigenvalue weighted by Crippen LogP contribution is 2.22. The molecule has 114 valence electrons. The molecule has 6 nitrogen and oxygen atoms in total. The second-order valence-electron chi connectivity index (χ2n) is 5.82. The van der Waals surface area contributed by atoms with Crippen LogP contribution in [0.4, 0.5) is 0 Å². The maximum atomic E-state index is 12.3. The van der Waals surface area contributed by atoms with E-state index in [4.69, 9.17) is 0 Å². The zero-order valence-electron chi connectivity index (χ0n) is 12.2. The number of hydrogen-bond donors (Lipinski definition) is 2. The van der Waals surface area contributed by atoms with Gasteiger partial charge in [0.1, 0.15) is 0 Å². The van der Waals surface area contributed by atoms with Crippen LogP contribution < -0.4 is 5.32 Å². The fraction of sp³-hybridized carbons (Fsp3) is 0.769. The largest absolute Gasteiger partial charge is 0.335 e. The van der Waals surface area contributed by atoms with Crippen molar-refractivity contribution in [1.82, 2.24) is 19.6 Å². The molecule has 0 saturated carbocycles. The van der Waals surface area contributed by atoms with Gasteiger partial charge in [0, 0.05) is 13.1 Å². The number of nitrogens with one attached hydrogen (secondary N) is 2. The fourth-order valence-electron chi connectivity index (χ4n) is 2.45. The van der Waals surface area contributed by atoms with Gasteiger partial charge in [0.15, 0.2) is 5.03 Å². The third-order valence-electron chi connectivity index (χ3n) is 3.65. The number of H-pyrrole nitrogens is 1. The Balaban J connectivity index is 1.82. The second-order valence-corrected chi connectivity index (χ2v) is 7.72. The van der Waals surface area contributed by atoms with E-state index in [0.29, 0.717) is 24.9 Å². The van der Waals surface area contributed by atoms with E-state index in [1.165, 1.54) is 12.5 Å². The van der Waals surface area contributed by atoms with Gasteiger partial charge in [-0.1, -0.05) is 13.8 Å². The van der Waals surface area contributed by atoms with E-state index in [-0.39, 0.29) is 5.03 Å². The molecular formula is C13H24N4O2S. The molecule has 0 unspecified atom stereocenters. The van der Waals surface area contributed by atoms with Gasteiger partial charge in [-0.05, 0) is 37.8 Å². The van der Waals surface area contributed by atoms with Crippen LogP contribution in [0.2, 0.25) is 0 Å². The Morgan fingerprint density at radius 1 is 1.45 bits per heavy atom. The standard InChI is InChI=1S/C13H24N4O2S/c1-11(2)7-14-8-12-3-5-17(6-4-12)20(18,19)13-9-15-10-16-13/h9-12,14H,3-8H2,1-2H3,(H,15,16). The summed E-state index contributed by atoms with van der Waals surface area (Å²) in [5, 5.41) is 3.64. The molecule has 1 saturated heterocycles. The van der Waals surface area contributed by atoms with E-state index >= 15 is 0 Å². The maximum Gasteiger partial charge on any atom is 0.260 e. The Labute approximate surface area is 121 Å². The average Bonchev–Trinajstić information content (AvgIpc) is 2.93. The van der Waals surface area contributed by atoms with E-state index in [1.807, 2.05) is 0 Å². The molecule has 2 N–H and O–H groups in total. The number of nitrogens with zero attached hydrogens (tertiary/aromatic N) is 2. The Hall–Kier alpha value is -0.920. The lowest BCUT2D eigenvalue weighted by atomic mass is 9.98. The monoisotopic (exact) mass is 300 g/mol. The molecule has 1 aromatic rings. The maximum absolute atomic E-state index is 12.3. The van der Waals surface area contributed by atoms with Gasteiger partial charge in [0.25, 0.3) is 10.0 Å². The molecule has 0 amide bonds. The van der Waals surface area contributed by atoms with Crippen molar-refractivity contribution >= 4 is 10.0 Å². The zero-order chi connectivity index (χ0) is 14.6. The molecule has 7 heteroatoms. The lowest BCUT2D eigenvalue weighted by Gasteiger charge is -2.31. The molecule has 20 heavy (non-hydrogen) atoms. The normalized spacial score (nSPS) is 18.8. The summed E-state index contributed by atoms with van der Waals surface area (Å²) in [6.07, 6.45) is 4.60. The topological polar surface area (TPSA) is 78.1 Å². The summed E-state index contributed by atoms with van der Waals surface area (Å²) in [6.45, 7) is 7.56. The molecule has 2 heterocycles. The lowest BCUT2D eigenvalue weighted by molar-refractivity contribution is 0.265. The molecule has 1 aromatic heterocycles. The lowest BCUT2D eigenvalue weighted by Crippen LogP contribution is -2.41. The third-order valence-corrected chi connectivity index (χ3v) is 5.47. The first-order chi connectivity index (χ1) is 9.50. The first-order valence-electron chi connectivity index (χ1n) is 7.19. The minimum Gasteiger partial charge on any atom is -0.335 e. The number of rotatable bonds is 6. The summed E-state index contributed by atoms with van der Waals surface area (Å²) in [4.78, 5) is 6.46. The first kappa shape index (κ1) is 15.5. The number of aromatic nitrogens is 2. The zero-order valence-corrected chi connectivity index (χ0v) is 13.0. The van der Waals surface area contributed by atoms with Crippen LogP contribution >= 0.6 is 0 Å². The Bertz CT molecular complexity index is 490. The van der Waals surface area contributed by atoms with E-state index in [0.717, 1.165) is 25.9 Å². The van der Waals surface area contributed by atoms with Crippen molar-refractivity contribution < 1.29 is 8.42 Å². The van der Waals surface area contributed by atoms with Crippen molar-refractivity contribution in [1.29, 1.82) is 0 Å². The van der Waals surface area contributed by atoms with Gasteiger partial charge >= 0.3 is 0 Å². The highest BCUT2D eigenvalue weighted by atomic mass is 32.2. The summed E-state index contributed by atoms with van der Waals surface area (Å²) in [7, 11) is -3.38. The quantitative estimate of drug-likeness (QED) is 0.823. The summed E-state index contributed by atoms with van der Waals surface area (Å²) in [5.41, 5.74) is 0. The average molecular weight is 300 g/mol. The number of imidazole rings is 1. The van der Waals surface area contributed by atoms with Crippen molar-refractivity contribution in [2.45, 2.75) is 31.7 Å². The van der Waals surface area contributed by atoms with E-state index in [9.17, 15) is 8.42 Å². The molecule has 0 aliphatic carbocycles. The van der Waals surface area contributed by atoms with Crippen LogP contribution in [0, 0.1) is 11.8 Å². The molecule has 0 bridgehead atoms. The molecule has 1 aliphatic heterocycles. The van der Waals surface area contributed by atoms with Crippen LogP contribution in [0.25, 0.3) is 0 Å². The van der Waals surface area contributed by atoms with Crippen LogP contribution in [0.15, 0.2) is 17.6 Å². The van der Waals surface area contributed by atoms with Crippen molar-refractivity contribution in [3.05, 3.63) is 12.5 Å². The summed E-state index contributed by atoms with van der Waals surface area (Å²) < 4.78 is 26.1. The van der Waals surface area contributed by atoms with Gasteiger partial charge in [0.2, 0.25) is 0 Å². The number of aromatic amines is 1. The van der Waals surface area contributed by atoms with Gasteiger partial charge in [0.05, 0.1) is 12.5 Å². The molecule has 1 aliphatic rings. The molecule has 0 atom stereocenters. The van der Waals surface area contributed by atoms with Crippen molar-refractivity contribution in [3.63, 3.8) is 0 Å². The van der Waals surface area contributed by atoms with E-state index in [2.05, 4.69) is 29.1 Å². The molecular weight excluding hydrogens is 276 g/mol. The van der Waals surface area contributed by atoms with Crippen LogP contribution in [-0.2, 0) is 10.0 Å². The number of piperidine rings is 1. The summed E-state index contributed by atoms with van der Waals surface area (Å²) in [6, 6.07) is 0. The third kappa shape index (κ3) is 3.80. The molecule has 1 fully saturated rings. The fourth-order valence-corrected chi connectivity index (χ4v) is 3.82. The summed E-state index contributed by atoms with van der Waals surface area (Å²) in [5.74, 6) is 1.22. The van der Waals surface area contributed by atoms with Gasteiger partial charge in [-0.25, -0.2) is 13.4 Å². The smallest absolute Gasteiger partial charge is 0.260 e. The molecule has 0 spiro atoms. The Morgan fingerprint density at radius 3 is 2.70 bits per heavy atom. The van der Waals surface area contributed by atoms with Crippen LogP contribution in [-0.4, -0.2) is 48.9 Å². The van der Waals surface area contributed by atoms with Gasteiger partial charge in [-0.3, -0.25) is 0 Å². The molecule has 0 radical (unpaired) electrons. The molecule has 0 aromatic carbocycles. The van der Waals surface area contributed by atoms with Crippen LogP contribution in [0.1, 0.15) is 26.7 Å². The first-order valence-corrected chi connectivity index (χ1v) is 8.63. The van der Waals surface area contributed by atoms with Gasteiger partial charge < -0.3 is 10.3 Å². The second kappa shape index (κ2) is 6.69. The SMILES string of the molecule is CC(C)CNCC1CCN(S(=O)(=O)c2cnc[nH]2)CC1. The highest BCUT2D eigenvalue weighted by molar-refractivity contribution is 7.89. The minimum absolute atomic E-state index is 0.189. The van der Waals surface area contributed by atoms with Crippen molar-refractivity contribution in [3.8, 4) is 0 Å². The summed E-state index contributed by atoms with van der Waals surface area (Å²) >= 11 is 0. The van der Waals surface area contributed by atoms with Crippen LogP contribution in [0.5, 0.6) is 0 Å². The predicted octanol–water partition coefficient (Wildman–Crippen LogP) is 1.06. The molecule has 2 rings (SSSR count). The van der Waals surface area contributed by atoms with Gasteiger partial charge in [-0.15, -0.1) is 0 Å². The van der Waals surface area contributed by atoms with Crippen LogP contribution in [0.3, 0.4) is 0 Å². The minimum atomic E-state index is -3.38. The predicted molar refractivity (Wildman–Crippen MR) is 77.8 cm³/mol. The van der Waals surface area contributed by atoms with Gasteiger partial charge in [-0.2, -0.15) is 4.31 Å². The van der Waals surface area contributed by atoms with Crippen molar-refractivity contribution in [2.24, 2.45) is 11.8 Å². The number of hydrogen-bond acceptors (Lipinski definition) is 4. The Kier molecular flexibility index (Phi) is 5.17. The number of sulfonamides is 1. The highest BCUT2D eigenvalue weighted by Gasteiger charge is 2.30. The van der Waals surface area contributed by atoms with Crippen molar-refractivity contribution in [2.75, 3.05) is 26.2 Å². The van der Waals surface area contributed by atoms with E-state index in [1.54, 1.807) is 4.31 Å². The van der Waals surface area contributed by atoms with E-state index < -0.39 is 10.0 Å².